The van der Waals surface area contributed by atoms with Crippen molar-refractivity contribution in [2.75, 3.05) is 26.2 Å². The molecule has 0 heterocycles. The third-order valence-corrected chi connectivity index (χ3v) is 7.01. The molecule has 13 heteroatoms. The first-order chi connectivity index (χ1) is 17.3. The molecule has 0 aliphatic rings. The van der Waals surface area contributed by atoms with E-state index >= 15 is 0 Å². The maximum atomic E-state index is 13.1. The summed E-state index contributed by atoms with van der Waals surface area (Å²) >= 11 is 0. The fourth-order valence-corrected chi connectivity index (χ4v) is 4.47. The van der Waals surface area contributed by atoms with Gasteiger partial charge in [-0.25, -0.2) is 4.79 Å². The first kappa shape index (κ1) is 32.1. The molecule has 3 amide bonds. The van der Waals surface area contributed by atoms with E-state index in [9.17, 15) is 28.8 Å². The Balaban J connectivity index is 3.03. The number of aliphatic carboxylic acids is 1. The zero-order valence-electron chi connectivity index (χ0n) is 21.9. The largest absolute Gasteiger partial charge is 0.480 e. The molecule has 1 rings (SSSR count). The second kappa shape index (κ2) is 15.3. The van der Waals surface area contributed by atoms with E-state index in [4.69, 9.17) is 14.4 Å². The van der Waals surface area contributed by atoms with Crippen LogP contribution in [0.2, 0.25) is 0 Å². The Hall–Kier alpha value is -2.95. The van der Waals surface area contributed by atoms with Crippen LogP contribution in [-0.4, -0.2) is 83.3 Å². The van der Waals surface area contributed by atoms with Crippen LogP contribution in [0.4, 0.5) is 4.79 Å². The Morgan fingerprint density at radius 1 is 1.00 bits per heavy atom. The van der Waals surface area contributed by atoms with Gasteiger partial charge in [-0.15, -0.1) is 0 Å². The Kier molecular flexibility index (Phi) is 13.3. The topological polar surface area (TPSA) is 172 Å². The molecule has 208 valence electrons. The Bertz CT molecular complexity index is 958. The molecular weight excluding hydrogens is 505 g/mol. The summed E-state index contributed by atoms with van der Waals surface area (Å²) in [6.07, 6.45) is -1.23. The number of carboxylic acid groups (broad SMARTS) is 1. The van der Waals surface area contributed by atoms with E-state index in [-0.39, 0.29) is 31.7 Å². The number of carbonyl (C=O) groups excluding carboxylic acids is 3. The maximum Gasteiger partial charge on any atom is 0.412 e. The van der Waals surface area contributed by atoms with Gasteiger partial charge in [-0.2, -0.15) is 0 Å². The smallest absolute Gasteiger partial charge is 0.412 e. The van der Waals surface area contributed by atoms with Crippen molar-refractivity contribution in [3.63, 3.8) is 0 Å². The standard InChI is InChI=1S/C24H38N3O9P/c1-16(2)13-36-37(5,34)12-11-20(22(30)25-17(3)21(29)26-18(4)23(31)32)27(15-28)24(33)35-14-19-9-7-6-8-10-19/h6-10,16-18,20,28H,11-15H2,1-5H3,(H,25,30)(H,26,29)(H,31,32)/t17-,18-,20?,37?/m0/s1. The number of nitrogens with zero attached hydrogens (tertiary/aromatic N) is 1. The average Bonchev–Trinajstić information content (AvgIpc) is 2.84. The molecule has 0 fully saturated rings. The van der Waals surface area contributed by atoms with Gasteiger partial charge in [-0.1, -0.05) is 44.2 Å². The van der Waals surface area contributed by atoms with E-state index in [2.05, 4.69) is 10.6 Å². The van der Waals surface area contributed by atoms with Gasteiger partial charge >= 0.3 is 12.1 Å². The second-order valence-electron chi connectivity index (χ2n) is 9.18. The summed E-state index contributed by atoms with van der Waals surface area (Å²) in [6.45, 7) is 7.06. The number of aliphatic hydroxyl groups is 1. The zero-order chi connectivity index (χ0) is 28.2. The third kappa shape index (κ3) is 11.8. The maximum absolute atomic E-state index is 13.1. The number of carbonyl (C=O) groups is 4. The van der Waals surface area contributed by atoms with Crippen molar-refractivity contribution in [1.29, 1.82) is 0 Å². The minimum absolute atomic E-state index is 0.0864. The highest BCUT2D eigenvalue weighted by Gasteiger charge is 2.34. The number of benzene rings is 1. The average molecular weight is 544 g/mol. The van der Waals surface area contributed by atoms with E-state index in [1.807, 2.05) is 13.8 Å². The van der Waals surface area contributed by atoms with Gasteiger partial charge < -0.3 is 30.1 Å². The number of ether oxygens (including phenoxy) is 1. The van der Waals surface area contributed by atoms with Gasteiger partial charge in [0, 0.05) is 12.8 Å². The molecule has 0 aromatic heterocycles. The summed E-state index contributed by atoms with van der Waals surface area (Å²) in [5.74, 6) is -2.70. The quantitative estimate of drug-likeness (QED) is 0.191. The van der Waals surface area contributed by atoms with Crippen LogP contribution in [0.15, 0.2) is 30.3 Å². The second-order valence-corrected chi connectivity index (χ2v) is 11.9. The highest BCUT2D eigenvalue weighted by atomic mass is 31.2. The van der Waals surface area contributed by atoms with Crippen molar-refractivity contribution in [2.24, 2.45) is 5.92 Å². The summed E-state index contributed by atoms with van der Waals surface area (Å²) in [5, 5.41) is 23.6. The van der Waals surface area contributed by atoms with E-state index in [0.717, 1.165) is 4.90 Å². The predicted octanol–water partition coefficient (Wildman–Crippen LogP) is 2.01. The lowest BCUT2D eigenvalue weighted by atomic mass is 10.1. The summed E-state index contributed by atoms with van der Waals surface area (Å²) in [5.41, 5.74) is 0.688. The molecule has 0 aliphatic carbocycles. The van der Waals surface area contributed by atoms with Crippen LogP contribution in [0.3, 0.4) is 0 Å². The monoisotopic (exact) mass is 543 g/mol. The van der Waals surface area contributed by atoms with Crippen LogP contribution in [0.25, 0.3) is 0 Å². The molecule has 2 unspecified atom stereocenters. The summed E-state index contributed by atoms with van der Waals surface area (Å²) in [4.78, 5) is 50.0. The van der Waals surface area contributed by atoms with Gasteiger partial charge in [0.05, 0.1) is 6.61 Å². The van der Waals surface area contributed by atoms with Crippen molar-refractivity contribution < 1.29 is 43.2 Å². The lowest BCUT2D eigenvalue weighted by Gasteiger charge is -2.30. The van der Waals surface area contributed by atoms with Crippen molar-refractivity contribution in [1.82, 2.24) is 15.5 Å². The zero-order valence-corrected chi connectivity index (χ0v) is 22.8. The van der Waals surface area contributed by atoms with Gasteiger partial charge in [-0.3, -0.25) is 23.8 Å². The molecule has 1 aromatic rings. The number of aliphatic hydroxyl groups excluding tert-OH is 1. The fourth-order valence-electron chi connectivity index (χ4n) is 3.02. The van der Waals surface area contributed by atoms with Crippen molar-refractivity contribution in [3.8, 4) is 0 Å². The Labute approximate surface area is 217 Å². The van der Waals surface area contributed by atoms with Gasteiger partial charge in [0.1, 0.15) is 31.5 Å². The van der Waals surface area contributed by atoms with E-state index in [1.165, 1.54) is 20.5 Å². The minimum atomic E-state index is -3.15. The van der Waals surface area contributed by atoms with E-state index in [0.29, 0.717) is 5.56 Å². The van der Waals surface area contributed by atoms with Gasteiger partial charge in [-0.05, 0) is 31.7 Å². The fraction of sp³-hybridized carbons (Fsp3) is 0.583. The number of rotatable bonds is 15. The minimum Gasteiger partial charge on any atom is -0.480 e. The highest BCUT2D eigenvalue weighted by Crippen LogP contribution is 2.44. The molecule has 0 spiro atoms. The number of hydrogen-bond acceptors (Lipinski definition) is 8. The number of hydrogen-bond donors (Lipinski definition) is 4. The van der Waals surface area contributed by atoms with Crippen molar-refractivity contribution in [3.05, 3.63) is 35.9 Å². The molecule has 0 radical (unpaired) electrons. The summed E-state index contributed by atoms with van der Waals surface area (Å²) < 4.78 is 23.6. The normalized spacial score (nSPS) is 15.1. The molecule has 0 aliphatic heterocycles. The molecule has 0 saturated carbocycles. The van der Waals surface area contributed by atoms with Crippen molar-refractivity contribution >= 4 is 31.2 Å². The molecule has 12 nitrogen and oxygen atoms in total. The van der Waals surface area contributed by atoms with Crippen molar-refractivity contribution in [2.45, 2.75) is 58.8 Å². The number of amides is 3. The Morgan fingerprint density at radius 2 is 1.59 bits per heavy atom. The van der Waals surface area contributed by atoms with Gasteiger partial charge in [0.2, 0.25) is 11.8 Å². The highest BCUT2D eigenvalue weighted by molar-refractivity contribution is 7.58. The molecule has 4 N–H and O–H groups in total. The van der Waals surface area contributed by atoms with Gasteiger partial charge in [0.15, 0.2) is 7.37 Å². The lowest BCUT2D eigenvalue weighted by molar-refractivity contribution is -0.141. The van der Waals surface area contributed by atoms with Crippen LogP contribution in [0.1, 0.15) is 39.7 Å². The van der Waals surface area contributed by atoms with Crippen LogP contribution in [0, 0.1) is 5.92 Å². The molecule has 0 saturated heterocycles. The van der Waals surface area contributed by atoms with Crippen LogP contribution in [0.5, 0.6) is 0 Å². The number of carboxylic acids is 1. The predicted molar refractivity (Wildman–Crippen MR) is 136 cm³/mol. The molecular formula is C24H38N3O9P. The van der Waals surface area contributed by atoms with E-state index in [1.54, 1.807) is 30.3 Å². The summed E-state index contributed by atoms with van der Waals surface area (Å²) in [6, 6.07) is 5.09. The number of nitrogens with one attached hydrogen (secondary N) is 2. The van der Waals surface area contributed by atoms with Crippen LogP contribution < -0.4 is 10.6 Å². The molecule has 37 heavy (non-hydrogen) atoms. The lowest BCUT2D eigenvalue weighted by Crippen LogP contribution is -2.55. The first-order valence-corrected chi connectivity index (χ1v) is 14.2. The summed E-state index contributed by atoms with van der Waals surface area (Å²) in [7, 11) is -3.15. The first-order valence-electron chi connectivity index (χ1n) is 11.9. The van der Waals surface area contributed by atoms with Crippen LogP contribution in [-0.2, 0) is 34.8 Å². The third-order valence-electron chi connectivity index (χ3n) is 5.24. The van der Waals surface area contributed by atoms with E-state index < -0.39 is 56.1 Å². The molecule has 0 bridgehead atoms. The van der Waals surface area contributed by atoms with Gasteiger partial charge in [0.25, 0.3) is 0 Å². The van der Waals surface area contributed by atoms with Crippen LogP contribution >= 0.6 is 7.37 Å². The molecule has 1 aromatic carbocycles. The SMILES string of the molecule is CC(C)COP(C)(=O)CCC(C(=O)N[C@@H](C)C(=O)N[C@@H](C)C(=O)O)N(CO)C(=O)OCc1ccccc1. The molecule has 4 atom stereocenters. The Morgan fingerprint density at radius 3 is 2.14 bits per heavy atom.